The van der Waals surface area contributed by atoms with Gasteiger partial charge >= 0.3 is 0 Å². The Labute approximate surface area is 126 Å². The Hall–Kier alpha value is -2.47. The number of anilines is 1. The van der Waals surface area contributed by atoms with Crippen LogP contribution in [0.3, 0.4) is 0 Å². The average Bonchev–Trinajstić information content (AvgIpc) is 2.53. The molecule has 21 heavy (non-hydrogen) atoms. The van der Waals surface area contributed by atoms with Crippen molar-refractivity contribution in [1.82, 2.24) is 0 Å². The highest BCUT2D eigenvalue weighted by molar-refractivity contribution is 5.47. The number of ether oxygens (including phenoxy) is 1. The second kappa shape index (κ2) is 7.96. The van der Waals surface area contributed by atoms with Crippen LogP contribution >= 0.6 is 0 Å². The largest absolute Gasteiger partial charge is 0.479 e. The molecule has 2 aromatic carbocycles. The molecule has 1 atom stereocenters. The minimum atomic E-state index is 0.0836. The number of hydrogen-bond acceptors (Lipinski definition) is 3. The maximum absolute atomic E-state index is 8.47. The van der Waals surface area contributed by atoms with E-state index in [0.717, 1.165) is 24.3 Å². The van der Waals surface area contributed by atoms with Crippen LogP contribution < -0.4 is 10.1 Å². The first-order valence-electron chi connectivity index (χ1n) is 7.18. The molecule has 3 nitrogen and oxygen atoms in total. The van der Waals surface area contributed by atoms with Crippen LogP contribution in [-0.4, -0.2) is 12.6 Å². The summed E-state index contributed by atoms with van der Waals surface area (Å²) in [6.07, 6.45) is 2.15. The average molecular weight is 280 g/mol. The van der Waals surface area contributed by atoms with Gasteiger partial charge in [0.05, 0.1) is 0 Å². The van der Waals surface area contributed by atoms with Crippen molar-refractivity contribution in [1.29, 1.82) is 5.26 Å². The fourth-order valence-electron chi connectivity index (χ4n) is 2.15. The number of nitriles is 1. The highest BCUT2D eigenvalue weighted by Gasteiger charge is 2.03. The van der Waals surface area contributed by atoms with Crippen LogP contribution in [0.4, 0.5) is 5.69 Å². The van der Waals surface area contributed by atoms with E-state index in [1.807, 2.05) is 36.4 Å². The molecule has 0 saturated heterocycles. The molecular weight excluding hydrogens is 260 g/mol. The molecule has 0 spiro atoms. The topological polar surface area (TPSA) is 45.0 Å². The fraction of sp³-hybridized carbons (Fsp3) is 0.278. The SMILES string of the molecule is CC(CCc1ccccc1)Nc1ccc(OCC#N)cc1. The quantitative estimate of drug-likeness (QED) is 0.833. The molecule has 0 bridgehead atoms. The molecule has 0 aliphatic carbocycles. The zero-order valence-electron chi connectivity index (χ0n) is 12.3. The Morgan fingerprint density at radius 3 is 2.48 bits per heavy atom. The van der Waals surface area contributed by atoms with E-state index in [2.05, 4.69) is 36.5 Å². The molecule has 0 aliphatic heterocycles. The summed E-state index contributed by atoms with van der Waals surface area (Å²) in [7, 11) is 0. The molecule has 1 N–H and O–H groups in total. The Bertz CT molecular complexity index is 572. The van der Waals surface area contributed by atoms with E-state index in [1.165, 1.54) is 5.56 Å². The molecule has 3 heteroatoms. The third-order valence-corrected chi connectivity index (χ3v) is 3.28. The van der Waals surface area contributed by atoms with Gasteiger partial charge in [-0.1, -0.05) is 30.3 Å². The van der Waals surface area contributed by atoms with Crippen LogP contribution in [0.5, 0.6) is 5.75 Å². The van der Waals surface area contributed by atoms with Crippen molar-refractivity contribution in [3.63, 3.8) is 0 Å². The van der Waals surface area contributed by atoms with Crippen LogP contribution in [-0.2, 0) is 6.42 Å². The van der Waals surface area contributed by atoms with Gasteiger partial charge in [-0.25, -0.2) is 0 Å². The third kappa shape index (κ3) is 5.19. The lowest BCUT2D eigenvalue weighted by atomic mass is 10.1. The minimum absolute atomic E-state index is 0.0836. The van der Waals surface area contributed by atoms with Gasteiger partial charge in [-0.2, -0.15) is 5.26 Å². The Kier molecular flexibility index (Phi) is 5.66. The summed E-state index contributed by atoms with van der Waals surface area (Å²) in [4.78, 5) is 0. The number of nitrogens with one attached hydrogen (secondary N) is 1. The molecule has 0 fully saturated rings. The van der Waals surface area contributed by atoms with Gasteiger partial charge in [0.15, 0.2) is 6.61 Å². The first-order chi connectivity index (χ1) is 10.3. The van der Waals surface area contributed by atoms with Gasteiger partial charge in [-0.3, -0.25) is 0 Å². The van der Waals surface area contributed by atoms with Crippen molar-refractivity contribution in [2.24, 2.45) is 0 Å². The number of nitrogens with zero attached hydrogens (tertiary/aromatic N) is 1. The van der Waals surface area contributed by atoms with Gasteiger partial charge in [0.25, 0.3) is 0 Å². The van der Waals surface area contributed by atoms with Crippen LogP contribution in [0.15, 0.2) is 54.6 Å². The molecule has 0 amide bonds. The van der Waals surface area contributed by atoms with Gasteiger partial charge < -0.3 is 10.1 Å². The zero-order valence-corrected chi connectivity index (χ0v) is 12.3. The van der Waals surface area contributed by atoms with E-state index >= 15 is 0 Å². The standard InChI is InChI=1S/C18H20N2O/c1-15(7-8-16-5-3-2-4-6-16)20-17-9-11-18(12-10-17)21-14-13-19/h2-6,9-12,15,20H,7-8,14H2,1H3. The minimum Gasteiger partial charge on any atom is -0.479 e. The first-order valence-corrected chi connectivity index (χ1v) is 7.18. The van der Waals surface area contributed by atoms with E-state index in [-0.39, 0.29) is 6.61 Å². The van der Waals surface area contributed by atoms with Gasteiger partial charge in [0.1, 0.15) is 11.8 Å². The highest BCUT2D eigenvalue weighted by atomic mass is 16.5. The third-order valence-electron chi connectivity index (χ3n) is 3.28. The summed E-state index contributed by atoms with van der Waals surface area (Å²) < 4.78 is 5.23. The van der Waals surface area contributed by atoms with Crippen LogP contribution in [0.1, 0.15) is 18.9 Å². The summed E-state index contributed by atoms with van der Waals surface area (Å²) in [5.74, 6) is 0.721. The molecule has 0 aromatic heterocycles. The summed E-state index contributed by atoms with van der Waals surface area (Å²) in [6, 6.07) is 20.6. The lowest BCUT2D eigenvalue weighted by molar-refractivity contribution is 0.368. The van der Waals surface area contributed by atoms with Gasteiger partial charge in [-0.15, -0.1) is 0 Å². The normalized spacial score (nSPS) is 11.4. The molecule has 0 heterocycles. The number of benzene rings is 2. The summed E-state index contributed by atoms with van der Waals surface area (Å²) in [5, 5.41) is 11.9. The summed E-state index contributed by atoms with van der Waals surface area (Å²) >= 11 is 0. The van der Waals surface area contributed by atoms with Crippen molar-refractivity contribution in [2.75, 3.05) is 11.9 Å². The van der Waals surface area contributed by atoms with Crippen molar-refractivity contribution in [3.8, 4) is 11.8 Å². The molecule has 0 radical (unpaired) electrons. The van der Waals surface area contributed by atoms with Gasteiger partial charge in [0, 0.05) is 11.7 Å². The Morgan fingerprint density at radius 1 is 1.10 bits per heavy atom. The second-order valence-corrected chi connectivity index (χ2v) is 5.04. The predicted molar refractivity (Wildman–Crippen MR) is 85.4 cm³/mol. The van der Waals surface area contributed by atoms with Crippen molar-refractivity contribution in [2.45, 2.75) is 25.8 Å². The molecule has 1 unspecified atom stereocenters. The number of aryl methyl sites for hydroxylation is 1. The van der Waals surface area contributed by atoms with Crippen LogP contribution in [0.2, 0.25) is 0 Å². The van der Waals surface area contributed by atoms with E-state index in [1.54, 1.807) is 0 Å². The maximum atomic E-state index is 8.47. The predicted octanol–water partition coefficient (Wildman–Crippen LogP) is 4.02. The molecule has 0 aliphatic rings. The smallest absolute Gasteiger partial charge is 0.174 e. The molecule has 2 rings (SSSR count). The first kappa shape index (κ1) is 14.9. The lowest BCUT2D eigenvalue weighted by Crippen LogP contribution is -2.15. The summed E-state index contributed by atoms with van der Waals surface area (Å²) in [5.41, 5.74) is 2.44. The van der Waals surface area contributed by atoms with Crippen LogP contribution in [0, 0.1) is 11.3 Å². The van der Waals surface area contributed by atoms with Gasteiger partial charge in [-0.05, 0) is 49.6 Å². The van der Waals surface area contributed by atoms with Crippen molar-refractivity contribution >= 4 is 5.69 Å². The monoisotopic (exact) mass is 280 g/mol. The van der Waals surface area contributed by atoms with Crippen LogP contribution in [0.25, 0.3) is 0 Å². The van der Waals surface area contributed by atoms with E-state index in [0.29, 0.717) is 6.04 Å². The van der Waals surface area contributed by atoms with Crippen molar-refractivity contribution < 1.29 is 4.74 Å². The molecular formula is C18H20N2O. The molecule has 0 saturated carbocycles. The summed E-state index contributed by atoms with van der Waals surface area (Å²) in [6.45, 7) is 2.27. The molecule has 2 aromatic rings. The van der Waals surface area contributed by atoms with Crippen molar-refractivity contribution in [3.05, 3.63) is 60.2 Å². The van der Waals surface area contributed by atoms with E-state index in [9.17, 15) is 0 Å². The maximum Gasteiger partial charge on any atom is 0.174 e. The highest BCUT2D eigenvalue weighted by Crippen LogP contribution is 2.17. The van der Waals surface area contributed by atoms with Gasteiger partial charge in [0.2, 0.25) is 0 Å². The zero-order chi connectivity index (χ0) is 14.9. The number of rotatable bonds is 7. The number of hydrogen-bond donors (Lipinski definition) is 1. The molecule has 108 valence electrons. The van der Waals surface area contributed by atoms with E-state index in [4.69, 9.17) is 10.00 Å². The second-order valence-electron chi connectivity index (χ2n) is 5.04. The van der Waals surface area contributed by atoms with E-state index < -0.39 is 0 Å². The fourth-order valence-corrected chi connectivity index (χ4v) is 2.15. The Morgan fingerprint density at radius 2 is 1.81 bits per heavy atom. The Balaban J connectivity index is 1.79. The lowest BCUT2D eigenvalue weighted by Gasteiger charge is -2.15.